The predicted octanol–water partition coefficient (Wildman–Crippen LogP) is 4.92. The highest BCUT2D eigenvalue weighted by atomic mass is 32.2. The molecule has 3 heterocycles. The van der Waals surface area contributed by atoms with Crippen LogP contribution in [0.5, 0.6) is 5.88 Å². The summed E-state index contributed by atoms with van der Waals surface area (Å²) in [4.78, 5) is 15.7. The first-order valence-corrected chi connectivity index (χ1v) is 11.9. The number of rotatable bonds is 6. The van der Waals surface area contributed by atoms with E-state index in [0.29, 0.717) is 16.9 Å². The first kappa shape index (κ1) is 22.0. The molecule has 0 radical (unpaired) electrons. The molecule has 1 N–H and O–H groups in total. The fraction of sp³-hybridized carbons (Fsp3) is 0.0526. The second-order valence-corrected chi connectivity index (χ2v) is 10.4. The number of carbonyl (C=O) groups excluding carboxylic acids is 1. The van der Waals surface area contributed by atoms with Crippen LogP contribution >= 0.6 is 22.7 Å². The summed E-state index contributed by atoms with van der Waals surface area (Å²) in [6, 6.07) is 7.34. The summed E-state index contributed by atoms with van der Waals surface area (Å²) in [5.74, 6) is -2.29. The molecular weight excluding hydrogens is 487 g/mol. The van der Waals surface area contributed by atoms with Gasteiger partial charge in [0.25, 0.3) is 0 Å². The summed E-state index contributed by atoms with van der Waals surface area (Å²) in [6.45, 7) is -0.119. The fourth-order valence-electron chi connectivity index (χ4n) is 2.70. The number of nitrogens with one attached hydrogen (secondary N) is 1. The SMILES string of the molecule is O=C(Nc1ncc(F)s1)Oc1cc(S(=O)(=O)c2cccs2)cn1Cc1ccc(F)c(F)c1. The van der Waals surface area contributed by atoms with Gasteiger partial charge in [0, 0.05) is 12.3 Å². The number of halogens is 3. The van der Waals surface area contributed by atoms with Crippen LogP contribution in [0.3, 0.4) is 0 Å². The van der Waals surface area contributed by atoms with Crippen LogP contribution < -0.4 is 10.1 Å². The molecular formula is C19H12F3N3O4S3. The van der Waals surface area contributed by atoms with Crippen LogP contribution in [-0.2, 0) is 16.4 Å². The lowest BCUT2D eigenvalue weighted by molar-refractivity contribution is 0.211. The summed E-state index contributed by atoms with van der Waals surface area (Å²) in [7, 11) is -3.90. The van der Waals surface area contributed by atoms with Crippen LogP contribution in [0.2, 0.25) is 0 Å². The standard InChI is InChI=1S/C19H12F3N3O4S3/c20-13-4-3-11(6-14(13)21)9-25-10-12(32(27,28)17-2-1-5-30-17)7-16(25)29-19(26)24-18-23-8-15(22)31-18/h1-8,10H,9H2,(H,23,24,26). The zero-order chi connectivity index (χ0) is 22.9. The molecule has 1 aromatic carbocycles. The number of sulfone groups is 1. The fourth-order valence-corrected chi connectivity index (χ4v) is 5.66. The molecule has 0 bridgehead atoms. The van der Waals surface area contributed by atoms with Gasteiger partial charge in [0.05, 0.1) is 17.6 Å². The van der Waals surface area contributed by atoms with E-state index in [2.05, 4.69) is 10.3 Å². The minimum Gasteiger partial charge on any atom is -0.393 e. The molecule has 0 aliphatic rings. The van der Waals surface area contributed by atoms with Crippen molar-refractivity contribution >= 4 is 43.7 Å². The number of thiophene rings is 1. The van der Waals surface area contributed by atoms with Gasteiger partial charge in [-0.2, -0.15) is 4.39 Å². The number of thiazole rings is 1. The summed E-state index contributed by atoms with van der Waals surface area (Å²) in [5, 5.41) is 3.15. The molecule has 4 rings (SSSR count). The molecule has 7 nitrogen and oxygen atoms in total. The van der Waals surface area contributed by atoms with E-state index >= 15 is 0 Å². The number of ether oxygens (including phenoxy) is 1. The second kappa shape index (κ2) is 8.76. The van der Waals surface area contributed by atoms with Gasteiger partial charge in [-0.25, -0.2) is 27.0 Å². The number of aromatic nitrogens is 2. The Bertz CT molecular complexity index is 1380. The van der Waals surface area contributed by atoms with E-state index in [-0.39, 0.29) is 26.7 Å². The van der Waals surface area contributed by atoms with Gasteiger partial charge < -0.3 is 9.30 Å². The zero-order valence-corrected chi connectivity index (χ0v) is 18.2. The Hall–Kier alpha value is -3.16. The number of anilines is 1. The number of benzene rings is 1. The predicted molar refractivity (Wildman–Crippen MR) is 111 cm³/mol. The molecule has 13 heteroatoms. The highest BCUT2D eigenvalue weighted by Gasteiger charge is 2.24. The van der Waals surface area contributed by atoms with Crippen molar-refractivity contribution in [2.45, 2.75) is 15.6 Å². The molecule has 4 aromatic rings. The van der Waals surface area contributed by atoms with Crippen molar-refractivity contribution in [2.24, 2.45) is 0 Å². The minimum atomic E-state index is -3.90. The maximum atomic E-state index is 13.6. The molecule has 166 valence electrons. The van der Waals surface area contributed by atoms with Crippen molar-refractivity contribution in [3.8, 4) is 5.88 Å². The van der Waals surface area contributed by atoms with Crippen LogP contribution in [0.1, 0.15) is 5.56 Å². The van der Waals surface area contributed by atoms with Gasteiger partial charge in [-0.1, -0.05) is 23.5 Å². The molecule has 3 aromatic heterocycles. The van der Waals surface area contributed by atoms with E-state index in [9.17, 15) is 26.4 Å². The Labute approximate surface area is 187 Å². The highest BCUT2D eigenvalue weighted by Crippen LogP contribution is 2.30. The van der Waals surface area contributed by atoms with Crippen molar-refractivity contribution in [1.82, 2.24) is 9.55 Å². The topological polar surface area (TPSA) is 90.3 Å². The van der Waals surface area contributed by atoms with E-state index < -0.39 is 32.7 Å². The Morgan fingerprint density at radius 3 is 2.62 bits per heavy atom. The van der Waals surface area contributed by atoms with Crippen molar-refractivity contribution < 1.29 is 31.1 Å². The number of carbonyl (C=O) groups is 1. The summed E-state index contributed by atoms with van der Waals surface area (Å²) in [5.41, 5.74) is 0.298. The average Bonchev–Trinajstić information content (AvgIpc) is 3.48. The van der Waals surface area contributed by atoms with E-state index in [1.807, 2.05) is 0 Å². The van der Waals surface area contributed by atoms with Crippen LogP contribution in [-0.4, -0.2) is 24.1 Å². The Morgan fingerprint density at radius 1 is 1.16 bits per heavy atom. The highest BCUT2D eigenvalue weighted by molar-refractivity contribution is 7.93. The normalized spacial score (nSPS) is 11.5. The summed E-state index contributed by atoms with van der Waals surface area (Å²) in [6.07, 6.45) is 1.10. The van der Waals surface area contributed by atoms with E-state index in [0.717, 1.165) is 35.7 Å². The zero-order valence-electron chi connectivity index (χ0n) is 15.8. The smallest absolute Gasteiger partial charge is 0.393 e. The molecule has 0 spiro atoms. The average molecular weight is 500 g/mol. The molecule has 0 saturated carbocycles. The first-order valence-electron chi connectivity index (χ1n) is 8.75. The molecule has 1 amide bonds. The van der Waals surface area contributed by atoms with E-state index in [1.165, 1.54) is 22.9 Å². The minimum absolute atomic E-state index is 0.0577. The van der Waals surface area contributed by atoms with Crippen LogP contribution in [0.25, 0.3) is 0 Å². The number of hydrogen-bond acceptors (Lipinski definition) is 7. The molecule has 0 unspecified atom stereocenters. The van der Waals surface area contributed by atoms with Gasteiger partial charge in [0.15, 0.2) is 21.9 Å². The molecule has 0 fully saturated rings. The van der Waals surface area contributed by atoms with Gasteiger partial charge in [-0.05, 0) is 29.1 Å². The summed E-state index contributed by atoms with van der Waals surface area (Å²) >= 11 is 1.59. The van der Waals surface area contributed by atoms with Crippen molar-refractivity contribution in [1.29, 1.82) is 0 Å². The molecule has 0 saturated heterocycles. The van der Waals surface area contributed by atoms with Gasteiger partial charge in [0.2, 0.25) is 15.7 Å². The molecule has 32 heavy (non-hydrogen) atoms. The molecule has 0 aliphatic heterocycles. The number of amides is 1. The van der Waals surface area contributed by atoms with Crippen molar-refractivity contribution in [3.05, 3.63) is 76.5 Å². The van der Waals surface area contributed by atoms with Gasteiger partial charge >= 0.3 is 6.09 Å². The lowest BCUT2D eigenvalue weighted by atomic mass is 10.2. The van der Waals surface area contributed by atoms with Gasteiger partial charge in [-0.3, -0.25) is 5.32 Å². The van der Waals surface area contributed by atoms with Gasteiger partial charge in [0.1, 0.15) is 4.21 Å². The van der Waals surface area contributed by atoms with Gasteiger partial charge in [-0.15, -0.1) is 11.3 Å². The number of nitrogens with zero attached hydrogens (tertiary/aromatic N) is 2. The quantitative estimate of drug-likeness (QED) is 0.407. The lowest BCUT2D eigenvalue weighted by Gasteiger charge is -2.09. The molecule has 0 atom stereocenters. The largest absolute Gasteiger partial charge is 0.420 e. The van der Waals surface area contributed by atoms with E-state index in [1.54, 1.807) is 11.4 Å². The Balaban J connectivity index is 1.66. The monoisotopic (exact) mass is 499 g/mol. The second-order valence-electron chi connectivity index (χ2n) is 6.31. The molecule has 0 aliphatic carbocycles. The maximum Gasteiger partial charge on any atom is 0.420 e. The van der Waals surface area contributed by atoms with Crippen LogP contribution in [0.15, 0.2) is 63.3 Å². The van der Waals surface area contributed by atoms with Crippen molar-refractivity contribution in [2.75, 3.05) is 5.32 Å². The van der Waals surface area contributed by atoms with Crippen LogP contribution in [0.4, 0.5) is 23.1 Å². The van der Waals surface area contributed by atoms with Crippen molar-refractivity contribution in [3.63, 3.8) is 0 Å². The number of hydrogen-bond donors (Lipinski definition) is 1. The first-order chi connectivity index (χ1) is 15.2. The van der Waals surface area contributed by atoms with Crippen LogP contribution in [0, 0.1) is 16.8 Å². The third kappa shape index (κ3) is 4.69. The Kier molecular flexibility index (Phi) is 6.04. The van der Waals surface area contributed by atoms with E-state index in [4.69, 9.17) is 4.74 Å². The summed E-state index contributed by atoms with van der Waals surface area (Å²) < 4.78 is 72.2. The maximum absolute atomic E-state index is 13.6. The third-order valence-corrected chi connectivity index (χ3v) is 7.94. The Morgan fingerprint density at radius 2 is 1.97 bits per heavy atom. The third-order valence-electron chi connectivity index (χ3n) is 4.12. The lowest BCUT2D eigenvalue weighted by Crippen LogP contribution is -2.18.